The number of hydrogen-bond acceptors (Lipinski definition) is 3. The van der Waals surface area contributed by atoms with Crippen molar-refractivity contribution in [3.63, 3.8) is 0 Å². The van der Waals surface area contributed by atoms with Gasteiger partial charge in [-0.15, -0.1) is 0 Å². The van der Waals surface area contributed by atoms with Gasteiger partial charge in [0.15, 0.2) is 0 Å². The zero-order valence-corrected chi connectivity index (χ0v) is 10.7. The van der Waals surface area contributed by atoms with Crippen molar-refractivity contribution in [1.29, 1.82) is 0 Å². The molecule has 1 aromatic carbocycles. The van der Waals surface area contributed by atoms with E-state index in [-0.39, 0.29) is 18.1 Å². The second-order valence-electron chi connectivity index (χ2n) is 4.60. The molecule has 4 nitrogen and oxygen atoms in total. The van der Waals surface area contributed by atoms with E-state index in [4.69, 9.17) is 4.74 Å². The van der Waals surface area contributed by atoms with Crippen LogP contribution in [-0.4, -0.2) is 31.7 Å². The minimum atomic E-state index is 0.0211. The van der Waals surface area contributed by atoms with Gasteiger partial charge in [-0.1, -0.05) is 18.2 Å². The van der Waals surface area contributed by atoms with Gasteiger partial charge >= 0.3 is 0 Å². The second-order valence-corrected chi connectivity index (χ2v) is 4.60. The van der Waals surface area contributed by atoms with Crippen LogP contribution in [0, 0.1) is 0 Å². The molecule has 0 saturated heterocycles. The summed E-state index contributed by atoms with van der Waals surface area (Å²) in [4.78, 5) is 11.8. The molecule has 2 rings (SSSR count). The maximum Gasteiger partial charge on any atom is 0.239 e. The van der Waals surface area contributed by atoms with Gasteiger partial charge in [-0.25, -0.2) is 0 Å². The number of nitrogens with one attached hydrogen (secondary N) is 2. The minimum absolute atomic E-state index is 0.0211. The van der Waals surface area contributed by atoms with E-state index in [9.17, 15) is 4.79 Å². The summed E-state index contributed by atoms with van der Waals surface area (Å²) in [6.07, 6.45) is 3.34. The first-order valence-corrected chi connectivity index (χ1v) is 6.40. The lowest BCUT2D eigenvalue weighted by Gasteiger charge is -2.19. The molecule has 0 radical (unpaired) electrons. The standard InChI is InChI=1S/C14H20N2O2/c1-18-13-9-5-8-12(13)16-14(17)10-15-11-6-3-2-4-7-11/h2-4,6-7,12-13,15H,5,8-10H2,1H3,(H,16,17). The van der Waals surface area contributed by atoms with Crippen LogP contribution < -0.4 is 10.6 Å². The van der Waals surface area contributed by atoms with Crippen molar-refractivity contribution in [2.75, 3.05) is 19.0 Å². The Kier molecular flexibility index (Phi) is 4.59. The van der Waals surface area contributed by atoms with Gasteiger partial charge in [-0.05, 0) is 31.4 Å². The monoisotopic (exact) mass is 248 g/mol. The van der Waals surface area contributed by atoms with Crippen molar-refractivity contribution >= 4 is 11.6 Å². The highest BCUT2D eigenvalue weighted by molar-refractivity contribution is 5.81. The van der Waals surface area contributed by atoms with Crippen LogP contribution in [0.1, 0.15) is 19.3 Å². The number of para-hydroxylation sites is 1. The van der Waals surface area contributed by atoms with Crippen molar-refractivity contribution in [3.05, 3.63) is 30.3 Å². The topological polar surface area (TPSA) is 50.4 Å². The molecule has 18 heavy (non-hydrogen) atoms. The van der Waals surface area contributed by atoms with Crippen molar-refractivity contribution in [2.24, 2.45) is 0 Å². The number of methoxy groups -OCH3 is 1. The molecule has 0 bridgehead atoms. The fourth-order valence-corrected chi connectivity index (χ4v) is 2.37. The molecule has 4 heteroatoms. The zero-order chi connectivity index (χ0) is 12.8. The van der Waals surface area contributed by atoms with Crippen molar-refractivity contribution in [2.45, 2.75) is 31.4 Å². The van der Waals surface area contributed by atoms with Gasteiger partial charge < -0.3 is 15.4 Å². The van der Waals surface area contributed by atoms with E-state index in [1.165, 1.54) is 0 Å². The van der Waals surface area contributed by atoms with Gasteiger partial charge in [-0.3, -0.25) is 4.79 Å². The quantitative estimate of drug-likeness (QED) is 0.835. The largest absolute Gasteiger partial charge is 0.379 e. The van der Waals surface area contributed by atoms with E-state index in [0.717, 1.165) is 24.9 Å². The molecule has 2 atom stereocenters. The Hall–Kier alpha value is -1.55. The third-order valence-corrected chi connectivity index (χ3v) is 3.33. The smallest absolute Gasteiger partial charge is 0.239 e. The summed E-state index contributed by atoms with van der Waals surface area (Å²) >= 11 is 0. The molecule has 1 aromatic rings. The van der Waals surface area contributed by atoms with Gasteiger partial charge in [0.05, 0.1) is 18.7 Å². The van der Waals surface area contributed by atoms with Crippen LogP contribution in [0.5, 0.6) is 0 Å². The number of carbonyl (C=O) groups is 1. The fraction of sp³-hybridized carbons (Fsp3) is 0.500. The van der Waals surface area contributed by atoms with Crippen molar-refractivity contribution in [3.8, 4) is 0 Å². The Bertz CT molecular complexity index is 381. The van der Waals surface area contributed by atoms with E-state index >= 15 is 0 Å². The second kappa shape index (κ2) is 6.40. The maximum atomic E-state index is 11.8. The van der Waals surface area contributed by atoms with Gasteiger partial charge in [-0.2, -0.15) is 0 Å². The van der Waals surface area contributed by atoms with E-state index in [2.05, 4.69) is 10.6 Å². The average Bonchev–Trinajstić information content (AvgIpc) is 2.85. The highest BCUT2D eigenvalue weighted by Gasteiger charge is 2.28. The molecule has 1 saturated carbocycles. The Balaban J connectivity index is 1.75. The molecule has 0 aliphatic heterocycles. The normalized spacial score (nSPS) is 22.7. The number of amides is 1. The van der Waals surface area contributed by atoms with E-state index in [1.807, 2.05) is 30.3 Å². The first-order chi connectivity index (χ1) is 8.79. The van der Waals surface area contributed by atoms with E-state index in [0.29, 0.717) is 6.54 Å². The van der Waals surface area contributed by atoms with Gasteiger partial charge in [0.25, 0.3) is 0 Å². The molecule has 0 spiro atoms. The molecule has 2 unspecified atom stereocenters. The average molecular weight is 248 g/mol. The first-order valence-electron chi connectivity index (χ1n) is 6.40. The molecule has 2 N–H and O–H groups in total. The highest BCUT2D eigenvalue weighted by atomic mass is 16.5. The maximum absolute atomic E-state index is 11.8. The van der Waals surface area contributed by atoms with Gasteiger partial charge in [0.2, 0.25) is 5.91 Å². The third kappa shape index (κ3) is 3.47. The summed E-state index contributed by atoms with van der Waals surface area (Å²) in [7, 11) is 1.71. The van der Waals surface area contributed by atoms with E-state index in [1.54, 1.807) is 7.11 Å². The van der Waals surface area contributed by atoms with Crippen LogP contribution in [0.15, 0.2) is 30.3 Å². The van der Waals surface area contributed by atoms with Crippen LogP contribution in [0.3, 0.4) is 0 Å². The fourth-order valence-electron chi connectivity index (χ4n) is 2.37. The zero-order valence-electron chi connectivity index (χ0n) is 10.7. The molecule has 0 heterocycles. The van der Waals surface area contributed by atoms with Crippen LogP contribution >= 0.6 is 0 Å². The number of carbonyl (C=O) groups excluding carboxylic acids is 1. The van der Waals surface area contributed by atoms with Crippen LogP contribution in [-0.2, 0) is 9.53 Å². The van der Waals surface area contributed by atoms with Gasteiger partial charge in [0, 0.05) is 12.8 Å². The van der Waals surface area contributed by atoms with Crippen LogP contribution in [0.2, 0.25) is 0 Å². The van der Waals surface area contributed by atoms with Gasteiger partial charge in [0.1, 0.15) is 0 Å². The molecule has 1 amide bonds. The third-order valence-electron chi connectivity index (χ3n) is 3.33. The Morgan fingerprint density at radius 2 is 2.11 bits per heavy atom. The summed E-state index contributed by atoms with van der Waals surface area (Å²) in [5, 5.41) is 6.12. The molecule has 98 valence electrons. The molecule has 1 fully saturated rings. The minimum Gasteiger partial charge on any atom is -0.379 e. The Labute approximate surface area is 108 Å². The Morgan fingerprint density at radius 1 is 1.33 bits per heavy atom. The number of benzene rings is 1. The summed E-state index contributed by atoms with van der Waals surface area (Å²) in [6.45, 7) is 0.303. The highest BCUT2D eigenvalue weighted by Crippen LogP contribution is 2.21. The molecule has 1 aliphatic rings. The first kappa shape index (κ1) is 12.9. The molecule has 0 aromatic heterocycles. The Morgan fingerprint density at radius 3 is 2.83 bits per heavy atom. The summed E-state index contributed by atoms with van der Waals surface area (Å²) in [5.74, 6) is 0.0211. The predicted molar refractivity (Wildman–Crippen MR) is 71.5 cm³/mol. The number of rotatable bonds is 5. The molecular formula is C14H20N2O2. The SMILES string of the molecule is COC1CCCC1NC(=O)CNc1ccccc1. The summed E-state index contributed by atoms with van der Waals surface area (Å²) in [5.41, 5.74) is 0.961. The van der Waals surface area contributed by atoms with E-state index < -0.39 is 0 Å². The molecule has 1 aliphatic carbocycles. The lowest BCUT2D eigenvalue weighted by Crippen LogP contribution is -2.43. The summed E-state index contributed by atoms with van der Waals surface area (Å²) in [6, 6.07) is 9.89. The number of anilines is 1. The molecular weight excluding hydrogens is 228 g/mol. The lowest BCUT2D eigenvalue weighted by molar-refractivity contribution is -0.120. The van der Waals surface area contributed by atoms with Crippen LogP contribution in [0.25, 0.3) is 0 Å². The predicted octanol–water partition coefficient (Wildman–Crippen LogP) is 1.78. The number of hydrogen-bond donors (Lipinski definition) is 2. The summed E-state index contributed by atoms with van der Waals surface area (Å²) < 4.78 is 5.35. The lowest BCUT2D eigenvalue weighted by atomic mass is 10.2. The van der Waals surface area contributed by atoms with Crippen molar-refractivity contribution in [1.82, 2.24) is 5.32 Å². The number of ether oxygens (including phenoxy) is 1. The van der Waals surface area contributed by atoms with Crippen LogP contribution in [0.4, 0.5) is 5.69 Å². The van der Waals surface area contributed by atoms with Crippen molar-refractivity contribution < 1.29 is 9.53 Å².